The summed E-state index contributed by atoms with van der Waals surface area (Å²) >= 11 is 2.24. The summed E-state index contributed by atoms with van der Waals surface area (Å²) in [6.07, 6.45) is 1.56. The quantitative estimate of drug-likeness (QED) is 0.252. The van der Waals surface area contributed by atoms with Crippen molar-refractivity contribution in [2.24, 2.45) is 5.10 Å². The Morgan fingerprint density at radius 3 is 2.64 bits per heavy atom. The molecule has 6 nitrogen and oxygen atoms in total. The van der Waals surface area contributed by atoms with Crippen molar-refractivity contribution in [1.29, 1.82) is 0 Å². The fourth-order valence-corrected chi connectivity index (χ4v) is 2.59. The number of hydrazone groups is 1. The Labute approximate surface area is 157 Å². The van der Waals surface area contributed by atoms with E-state index in [0.717, 1.165) is 9.26 Å². The molecule has 0 unspecified atom stereocenters. The molecule has 1 N–H and O–H groups in total. The highest BCUT2D eigenvalue weighted by atomic mass is 127. The van der Waals surface area contributed by atoms with Crippen molar-refractivity contribution in [1.82, 2.24) is 0 Å². The molecule has 0 saturated carbocycles. The molecule has 7 heteroatoms. The molecular weight excluding hydrogens is 433 g/mol. The number of nitro groups is 1. The van der Waals surface area contributed by atoms with Crippen LogP contribution in [-0.4, -0.2) is 11.1 Å². The standard InChI is InChI=1S/C18H14IN3O3/c1-12-2-3-13(10-17(12)22(23)24)18-9-8-16(25-18)11-20-21-15-6-4-14(19)5-7-15/h2-11,21H,1H3/b20-11-. The third-order valence-corrected chi connectivity index (χ3v) is 4.27. The molecule has 1 aromatic heterocycles. The summed E-state index contributed by atoms with van der Waals surface area (Å²) in [6, 6.07) is 16.4. The molecule has 3 aromatic rings. The summed E-state index contributed by atoms with van der Waals surface area (Å²) in [5.74, 6) is 1.11. The van der Waals surface area contributed by atoms with Gasteiger partial charge in [0.05, 0.1) is 16.8 Å². The van der Waals surface area contributed by atoms with Crippen LogP contribution in [0, 0.1) is 20.6 Å². The van der Waals surface area contributed by atoms with Gasteiger partial charge in [0.1, 0.15) is 11.5 Å². The van der Waals surface area contributed by atoms with E-state index in [0.29, 0.717) is 22.6 Å². The molecule has 0 atom stereocenters. The summed E-state index contributed by atoms with van der Waals surface area (Å²) in [5, 5.41) is 15.2. The van der Waals surface area contributed by atoms with Crippen LogP contribution < -0.4 is 5.43 Å². The molecule has 0 bridgehead atoms. The number of nitrogens with zero attached hydrogens (tertiary/aromatic N) is 2. The summed E-state index contributed by atoms with van der Waals surface area (Å²) in [7, 11) is 0. The maximum Gasteiger partial charge on any atom is 0.273 e. The first-order chi connectivity index (χ1) is 12.0. The van der Waals surface area contributed by atoms with Crippen molar-refractivity contribution in [2.75, 3.05) is 5.43 Å². The number of hydrogen-bond donors (Lipinski definition) is 1. The first kappa shape index (κ1) is 17.2. The molecular formula is C18H14IN3O3. The van der Waals surface area contributed by atoms with E-state index in [4.69, 9.17) is 4.42 Å². The topological polar surface area (TPSA) is 80.7 Å². The molecule has 0 amide bonds. The molecule has 2 aromatic carbocycles. The van der Waals surface area contributed by atoms with Crippen LogP contribution in [0.2, 0.25) is 0 Å². The highest BCUT2D eigenvalue weighted by Crippen LogP contribution is 2.27. The molecule has 0 spiro atoms. The molecule has 126 valence electrons. The van der Waals surface area contributed by atoms with E-state index in [1.807, 2.05) is 24.3 Å². The van der Waals surface area contributed by atoms with E-state index in [9.17, 15) is 10.1 Å². The minimum absolute atomic E-state index is 0.0736. The lowest BCUT2D eigenvalue weighted by Gasteiger charge is -2.00. The number of furan rings is 1. The smallest absolute Gasteiger partial charge is 0.273 e. The number of aryl methyl sites for hydroxylation is 1. The van der Waals surface area contributed by atoms with E-state index in [1.165, 1.54) is 6.07 Å². The van der Waals surface area contributed by atoms with Gasteiger partial charge in [-0.3, -0.25) is 15.5 Å². The molecule has 0 saturated heterocycles. The van der Waals surface area contributed by atoms with Crippen LogP contribution in [0.1, 0.15) is 11.3 Å². The number of halogens is 1. The van der Waals surface area contributed by atoms with E-state index < -0.39 is 4.92 Å². The molecule has 1 heterocycles. The lowest BCUT2D eigenvalue weighted by atomic mass is 10.1. The number of nitrogens with one attached hydrogen (secondary N) is 1. The normalized spacial score (nSPS) is 11.0. The van der Waals surface area contributed by atoms with Gasteiger partial charge in [-0.05, 0) is 65.9 Å². The summed E-state index contributed by atoms with van der Waals surface area (Å²) < 4.78 is 6.84. The van der Waals surface area contributed by atoms with Crippen LogP contribution in [-0.2, 0) is 0 Å². The Kier molecular flexibility index (Phi) is 5.13. The average Bonchev–Trinajstić information content (AvgIpc) is 3.06. The molecule has 0 radical (unpaired) electrons. The predicted octanol–water partition coefficient (Wildman–Crippen LogP) is 5.21. The van der Waals surface area contributed by atoms with Crippen molar-refractivity contribution in [3.8, 4) is 11.3 Å². The van der Waals surface area contributed by atoms with Crippen LogP contribution in [0.25, 0.3) is 11.3 Å². The van der Waals surface area contributed by atoms with Crippen LogP contribution in [0.4, 0.5) is 11.4 Å². The highest BCUT2D eigenvalue weighted by molar-refractivity contribution is 14.1. The Bertz CT molecular complexity index is 933. The fraction of sp³-hybridized carbons (Fsp3) is 0.0556. The summed E-state index contributed by atoms with van der Waals surface area (Å²) in [4.78, 5) is 10.7. The lowest BCUT2D eigenvalue weighted by molar-refractivity contribution is -0.385. The van der Waals surface area contributed by atoms with Crippen molar-refractivity contribution < 1.29 is 9.34 Å². The average molecular weight is 447 g/mol. The van der Waals surface area contributed by atoms with Crippen molar-refractivity contribution in [2.45, 2.75) is 6.92 Å². The zero-order valence-electron chi connectivity index (χ0n) is 13.3. The van der Waals surface area contributed by atoms with E-state index in [-0.39, 0.29) is 5.69 Å². The third-order valence-electron chi connectivity index (χ3n) is 3.55. The third kappa shape index (κ3) is 4.24. The van der Waals surface area contributed by atoms with Gasteiger partial charge >= 0.3 is 0 Å². The van der Waals surface area contributed by atoms with Gasteiger partial charge in [-0.25, -0.2) is 0 Å². The number of hydrogen-bond acceptors (Lipinski definition) is 5. The lowest BCUT2D eigenvalue weighted by Crippen LogP contribution is -1.91. The maximum atomic E-state index is 11.1. The number of anilines is 1. The second-order valence-electron chi connectivity index (χ2n) is 5.34. The first-order valence-corrected chi connectivity index (χ1v) is 8.51. The minimum Gasteiger partial charge on any atom is -0.455 e. The van der Waals surface area contributed by atoms with Gasteiger partial charge in [0.15, 0.2) is 0 Å². The molecule has 0 aliphatic rings. The molecule has 25 heavy (non-hydrogen) atoms. The van der Waals surface area contributed by atoms with E-state index in [1.54, 1.807) is 37.4 Å². The predicted molar refractivity (Wildman–Crippen MR) is 106 cm³/mol. The Hall–Kier alpha value is -2.68. The number of nitro benzene ring substituents is 1. The van der Waals surface area contributed by atoms with Crippen LogP contribution in [0.3, 0.4) is 0 Å². The van der Waals surface area contributed by atoms with Crippen molar-refractivity contribution >= 4 is 40.2 Å². The highest BCUT2D eigenvalue weighted by Gasteiger charge is 2.13. The summed E-state index contributed by atoms with van der Waals surface area (Å²) in [6.45, 7) is 1.71. The molecule has 0 aliphatic heterocycles. The molecule has 3 rings (SSSR count). The molecule has 0 aliphatic carbocycles. The van der Waals surface area contributed by atoms with Gasteiger partial charge in [-0.1, -0.05) is 12.1 Å². The van der Waals surface area contributed by atoms with Gasteiger partial charge in [0.25, 0.3) is 5.69 Å². The Balaban J connectivity index is 1.74. The van der Waals surface area contributed by atoms with Crippen LogP contribution >= 0.6 is 22.6 Å². The SMILES string of the molecule is Cc1ccc(-c2ccc(/C=N\Nc3ccc(I)cc3)o2)cc1[N+](=O)[O-]. The van der Waals surface area contributed by atoms with Crippen LogP contribution in [0.15, 0.2) is 64.1 Å². The van der Waals surface area contributed by atoms with Gasteiger partial charge in [-0.2, -0.15) is 5.10 Å². The van der Waals surface area contributed by atoms with Gasteiger partial charge < -0.3 is 4.42 Å². The fourth-order valence-electron chi connectivity index (χ4n) is 2.23. The molecule has 0 fully saturated rings. The van der Waals surface area contributed by atoms with Gasteiger partial charge in [0.2, 0.25) is 0 Å². The van der Waals surface area contributed by atoms with Gasteiger partial charge in [-0.15, -0.1) is 0 Å². The maximum absolute atomic E-state index is 11.1. The minimum atomic E-state index is -0.394. The van der Waals surface area contributed by atoms with Gasteiger partial charge in [0, 0.05) is 20.8 Å². The number of rotatable bonds is 5. The second-order valence-corrected chi connectivity index (χ2v) is 6.58. The van der Waals surface area contributed by atoms with Crippen LogP contribution in [0.5, 0.6) is 0 Å². The van der Waals surface area contributed by atoms with Crippen molar-refractivity contribution in [3.05, 3.63) is 79.6 Å². The summed E-state index contributed by atoms with van der Waals surface area (Å²) in [5.41, 5.74) is 5.13. The Morgan fingerprint density at radius 1 is 1.16 bits per heavy atom. The van der Waals surface area contributed by atoms with E-state index in [2.05, 4.69) is 33.1 Å². The van der Waals surface area contributed by atoms with Crippen molar-refractivity contribution in [3.63, 3.8) is 0 Å². The largest absolute Gasteiger partial charge is 0.455 e. The number of benzene rings is 2. The Morgan fingerprint density at radius 2 is 1.92 bits per heavy atom. The monoisotopic (exact) mass is 447 g/mol. The zero-order valence-corrected chi connectivity index (χ0v) is 15.4. The zero-order chi connectivity index (χ0) is 17.8. The first-order valence-electron chi connectivity index (χ1n) is 7.43. The van der Waals surface area contributed by atoms with E-state index >= 15 is 0 Å². The second kappa shape index (κ2) is 7.47.